The number of aromatic nitrogens is 1. The van der Waals surface area contributed by atoms with Gasteiger partial charge in [0.2, 0.25) is 0 Å². The summed E-state index contributed by atoms with van der Waals surface area (Å²) in [6.45, 7) is 3.24. The van der Waals surface area contributed by atoms with Gasteiger partial charge in [-0.1, -0.05) is 0 Å². The Labute approximate surface area is 81.4 Å². The van der Waals surface area contributed by atoms with E-state index in [-0.39, 0.29) is 0 Å². The molecule has 0 amide bonds. The van der Waals surface area contributed by atoms with Gasteiger partial charge < -0.3 is 9.84 Å². The number of ether oxygens (including phenoxy) is 1. The highest BCUT2D eigenvalue weighted by molar-refractivity contribution is 7.09. The summed E-state index contributed by atoms with van der Waals surface area (Å²) in [5, 5.41) is 10.3. The van der Waals surface area contributed by atoms with Crippen LogP contribution in [0.2, 0.25) is 0 Å². The van der Waals surface area contributed by atoms with Crippen LogP contribution in [0, 0.1) is 6.92 Å². The maximum atomic E-state index is 10.3. The van der Waals surface area contributed by atoms with Crippen molar-refractivity contribution in [1.82, 2.24) is 4.98 Å². The Morgan fingerprint density at radius 2 is 2.23 bits per heavy atom. The molecule has 0 spiro atoms. The van der Waals surface area contributed by atoms with Crippen LogP contribution >= 0.6 is 11.3 Å². The van der Waals surface area contributed by atoms with E-state index in [4.69, 9.17) is 4.74 Å². The summed E-state index contributed by atoms with van der Waals surface area (Å²) < 4.78 is 5.23. The predicted octanol–water partition coefficient (Wildman–Crippen LogP) is 1.45. The van der Waals surface area contributed by atoms with Crippen molar-refractivity contribution in [2.45, 2.75) is 25.4 Å². The van der Waals surface area contributed by atoms with Crippen LogP contribution in [0.15, 0.2) is 5.51 Å². The van der Waals surface area contributed by atoms with Crippen molar-refractivity contribution in [2.24, 2.45) is 0 Å². The molecule has 0 aliphatic carbocycles. The topological polar surface area (TPSA) is 42.4 Å². The maximum absolute atomic E-state index is 10.3. The molecule has 1 N–H and O–H groups in total. The van der Waals surface area contributed by atoms with Crippen molar-refractivity contribution in [3.8, 4) is 0 Å². The second-order valence-corrected chi connectivity index (χ2v) is 4.27. The van der Waals surface area contributed by atoms with Crippen LogP contribution in [0.5, 0.6) is 0 Å². The number of nitrogens with zero attached hydrogens (tertiary/aromatic N) is 1. The van der Waals surface area contributed by atoms with Gasteiger partial charge in [-0.2, -0.15) is 0 Å². The molecular formula is C9H13NO2S. The average molecular weight is 199 g/mol. The summed E-state index contributed by atoms with van der Waals surface area (Å²) in [6.07, 6.45) is 1.38. The van der Waals surface area contributed by atoms with Crippen LogP contribution in [-0.4, -0.2) is 23.3 Å². The largest absolute Gasteiger partial charge is 0.384 e. The van der Waals surface area contributed by atoms with Crippen molar-refractivity contribution < 1.29 is 9.84 Å². The van der Waals surface area contributed by atoms with Gasteiger partial charge in [0.05, 0.1) is 16.1 Å². The van der Waals surface area contributed by atoms with Gasteiger partial charge in [-0.15, -0.1) is 11.3 Å². The molecule has 13 heavy (non-hydrogen) atoms. The highest BCUT2D eigenvalue weighted by Gasteiger charge is 2.34. The molecule has 1 fully saturated rings. The Bertz CT molecular complexity index is 292. The van der Waals surface area contributed by atoms with Crippen molar-refractivity contribution in [1.29, 1.82) is 0 Å². The molecule has 0 atom stereocenters. The molecule has 1 aromatic heterocycles. The number of hydrogen-bond acceptors (Lipinski definition) is 4. The molecule has 2 heterocycles. The van der Waals surface area contributed by atoms with Gasteiger partial charge in [0.1, 0.15) is 5.60 Å². The fraction of sp³-hybridized carbons (Fsp3) is 0.667. The molecule has 0 unspecified atom stereocenters. The molecular weight excluding hydrogens is 186 g/mol. The lowest BCUT2D eigenvalue weighted by atomic mass is 9.92. The van der Waals surface area contributed by atoms with Crippen molar-refractivity contribution in [2.75, 3.05) is 13.2 Å². The zero-order valence-electron chi connectivity index (χ0n) is 7.62. The van der Waals surface area contributed by atoms with Gasteiger partial charge >= 0.3 is 0 Å². The van der Waals surface area contributed by atoms with Gasteiger partial charge in [-0.3, -0.25) is 0 Å². The van der Waals surface area contributed by atoms with E-state index in [1.54, 1.807) is 5.51 Å². The molecule has 2 rings (SSSR count). The molecule has 3 nitrogen and oxygen atoms in total. The van der Waals surface area contributed by atoms with Gasteiger partial charge in [-0.05, 0) is 6.92 Å². The Morgan fingerprint density at radius 1 is 1.54 bits per heavy atom. The third-order valence-corrected chi connectivity index (χ3v) is 3.61. The highest BCUT2D eigenvalue weighted by atomic mass is 32.1. The molecule has 0 aromatic carbocycles. The normalized spacial score (nSPS) is 21.7. The lowest BCUT2D eigenvalue weighted by Crippen LogP contribution is -2.33. The zero-order chi connectivity index (χ0) is 9.31. The van der Waals surface area contributed by atoms with Crippen molar-refractivity contribution >= 4 is 11.3 Å². The van der Waals surface area contributed by atoms with Crippen LogP contribution in [-0.2, 0) is 10.3 Å². The monoisotopic (exact) mass is 199 g/mol. The van der Waals surface area contributed by atoms with E-state index in [2.05, 4.69) is 4.98 Å². The SMILES string of the molecule is Cc1ncsc1C1(O)CCOCC1. The van der Waals surface area contributed by atoms with E-state index >= 15 is 0 Å². The number of thiazole rings is 1. The van der Waals surface area contributed by atoms with E-state index in [0.717, 1.165) is 10.6 Å². The van der Waals surface area contributed by atoms with Gasteiger partial charge in [0.15, 0.2) is 0 Å². The summed E-state index contributed by atoms with van der Waals surface area (Å²) in [7, 11) is 0. The molecule has 0 radical (unpaired) electrons. The van der Waals surface area contributed by atoms with Gasteiger partial charge in [0.25, 0.3) is 0 Å². The minimum Gasteiger partial charge on any atom is -0.384 e. The molecule has 72 valence electrons. The second kappa shape index (κ2) is 3.36. The van der Waals surface area contributed by atoms with Crippen LogP contribution in [0.1, 0.15) is 23.4 Å². The summed E-state index contributed by atoms with van der Waals surface area (Å²) in [5.74, 6) is 0. The summed E-state index contributed by atoms with van der Waals surface area (Å²) in [4.78, 5) is 5.16. The first-order valence-electron chi connectivity index (χ1n) is 4.43. The second-order valence-electron chi connectivity index (χ2n) is 3.41. The Morgan fingerprint density at radius 3 is 2.77 bits per heavy atom. The molecule has 1 saturated heterocycles. The Kier molecular flexibility index (Phi) is 2.36. The van der Waals surface area contributed by atoms with Crippen LogP contribution in [0.3, 0.4) is 0 Å². The third-order valence-electron chi connectivity index (χ3n) is 2.49. The molecule has 4 heteroatoms. The molecule has 1 aromatic rings. The van der Waals surface area contributed by atoms with E-state index in [1.807, 2.05) is 6.92 Å². The first kappa shape index (κ1) is 9.12. The van der Waals surface area contributed by atoms with Crippen molar-refractivity contribution in [3.05, 3.63) is 16.1 Å². The summed E-state index contributed by atoms with van der Waals surface area (Å²) >= 11 is 1.54. The van der Waals surface area contributed by atoms with Crippen molar-refractivity contribution in [3.63, 3.8) is 0 Å². The minimum absolute atomic E-state index is 0.647. The van der Waals surface area contributed by atoms with Crippen LogP contribution in [0.4, 0.5) is 0 Å². The minimum atomic E-state index is -0.677. The summed E-state index contributed by atoms with van der Waals surface area (Å²) in [6, 6.07) is 0. The van der Waals surface area contributed by atoms with E-state index < -0.39 is 5.60 Å². The number of rotatable bonds is 1. The third kappa shape index (κ3) is 1.61. The standard InChI is InChI=1S/C9H13NO2S/c1-7-8(13-6-10-7)9(11)2-4-12-5-3-9/h6,11H,2-5H2,1H3. The molecule has 1 aliphatic heterocycles. The zero-order valence-corrected chi connectivity index (χ0v) is 8.43. The fourth-order valence-electron chi connectivity index (χ4n) is 1.68. The lowest BCUT2D eigenvalue weighted by Gasteiger charge is -2.31. The maximum Gasteiger partial charge on any atom is 0.105 e. The van der Waals surface area contributed by atoms with Gasteiger partial charge in [-0.25, -0.2) is 4.98 Å². The molecule has 1 aliphatic rings. The quantitative estimate of drug-likeness (QED) is 0.744. The number of hydrogen-bond donors (Lipinski definition) is 1. The average Bonchev–Trinajstić information content (AvgIpc) is 2.53. The van der Waals surface area contributed by atoms with Crippen LogP contribution < -0.4 is 0 Å². The van der Waals surface area contributed by atoms with Crippen LogP contribution in [0.25, 0.3) is 0 Å². The number of aliphatic hydroxyl groups is 1. The Balaban J connectivity index is 2.27. The number of aryl methyl sites for hydroxylation is 1. The molecule has 0 saturated carbocycles. The molecule has 0 bridgehead atoms. The van der Waals surface area contributed by atoms with E-state index in [9.17, 15) is 5.11 Å². The highest BCUT2D eigenvalue weighted by Crippen LogP contribution is 2.35. The lowest BCUT2D eigenvalue weighted by molar-refractivity contribution is -0.0660. The predicted molar refractivity (Wildman–Crippen MR) is 50.8 cm³/mol. The van der Waals surface area contributed by atoms with Gasteiger partial charge in [0, 0.05) is 26.1 Å². The fourth-order valence-corrected chi connectivity index (χ4v) is 2.65. The smallest absolute Gasteiger partial charge is 0.105 e. The van der Waals surface area contributed by atoms with E-state index in [0.29, 0.717) is 26.1 Å². The van der Waals surface area contributed by atoms with E-state index in [1.165, 1.54) is 11.3 Å². The first-order chi connectivity index (χ1) is 6.22. The Hall–Kier alpha value is -0.450. The first-order valence-corrected chi connectivity index (χ1v) is 5.31. The summed E-state index contributed by atoms with van der Waals surface area (Å²) in [5.41, 5.74) is 2.07.